The Morgan fingerprint density at radius 1 is 1.00 bits per heavy atom. The van der Waals surface area contributed by atoms with Gasteiger partial charge in [0.2, 0.25) is 0 Å². The van der Waals surface area contributed by atoms with E-state index in [1.54, 1.807) is 36.7 Å². The van der Waals surface area contributed by atoms with Crippen molar-refractivity contribution in [1.82, 2.24) is 14.9 Å². The summed E-state index contributed by atoms with van der Waals surface area (Å²) < 4.78 is 13.5. The quantitative estimate of drug-likeness (QED) is 0.354. The predicted octanol–water partition coefficient (Wildman–Crippen LogP) is 5.91. The van der Waals surface area contributed by atoms with Crippen LogP contribution in [0.4, 0.5) is 4.39 Å². The smallest absolute Gasteiger partial charge is 0.335 e. The van der Waals surface area contributed by atoms with Crippen LogP contribution in [-0.2, 0) is 6.42 Å². The molecule has 1 aliphatic heterocycles. The van der Waals surface area contributed by atoms with Crippen LogP contribution in [0.15, 0.2) is 85.3 Å². The van der Waals surface area contributed by atoms with Crippen LogP contribution < -0.4 is 0 Å². The Labute approximate surface area is 203 Å². The summed E-state index contributed by atoms with van der Waals surface area (Å²) in [4.78, 5) is 21.1. The lowest BCUT2D eigenvalue weighted by molar-refractivity contribution is 0.0697. The molecule has 2 N–H and O–H groups in total. The number of rotatable bonds is 7. The third-order valence-corrected chi connectivity index (χ3v) is 6.54. The fraction of sp³-hybridized carbons (Fsp3) is 0.172. The number of nitrogens with one attached hydrogen (secondary N) is 1. The Kier molecular flexibility index (Phi) is 6.55. The molecule has 0 unspecified atom stereocenters. The molecule has 0 saturated carbocycles. The van der Waals surface area contributed by atoms with E-state index in [-0.39, 0.29) is 5.82 Å². The van der Waals surface area contributed by atoms with Gasteiger partial charge in [0.25, 0.3) is 0 Å². The van der Waals surface area contributed by atoms with E-state index in [4.69, 9.17) is 5.11 Å². The molecular weight excluding hydrogens is 441 g/mol. The molecule has 0 saturated heterocycles. The number of hydrogen-bond donors (Lipinski definition) is 2. The second kappa shape index (κ2) is 10.1. The van der Waals surface area contributed by atoms with Crippen molar-refractivity contribution in [2.75, 3.05) is 19.6 Å². The molecule has 0 aliphatic carbocycles. The van der Waals surface area contributed by atoms with Crippen LogP contribution in [0.25, 0.3) is 28.0 Å². The summed E-state index contributed by atoms with van der Waals surface area (Å²) in [5, 5.41) is 9.06. The van der Waals surface area contributed by atoms with E-state index in [9.17, 15) is 9.18 Å². The molecule has 176 valence electrons. The van der Waals surface area contributed by atoms with Crippen LogP contribution in [-0.4, -0.2) is 45.6 Å². The van der Waals surface area contributed by atoms with Gasteiger partial charge in [0, 0.05) is 49.4 Å². The third-order valence-electron chi connectivity index (χ3n) is 6.54. The van der Waals surface area contributed by atoms with Crippen LogP contribution >= 0.6 is 0 Å². The second-order valence-electron chi connectivity index (χ2n) is 8.73. The van der Waals surface area contributed by atoms with Crippen molar-refractivity contribution < 1.29 is 14.3 Å². The van der Waals surface area contributed by atoms with Crippen LogP contribution in [0, 0.1) is 5.82 Å². The first-order valence-corrected chi connectivity index (χ1v) is 11.7. The molecule has 1 aliphatic rings. The van der Waals surface area contributed by atoms with Crippen molar-refractivity contribution in [2.24, 2.45) is 0 Å². The monoisotopic (exact) mass is 467 g/mol. The first kappa shape index (κ1) is 22.7. The topological polar surface area (TPSA) is 69.2 Å². The van der Waals surface area contributed by atoms with E-state index < -0.39 is 5.97 Å². The Balaban J connectivity index is 1.35. The van der Waals surface area contributed by atoms with Gasteiger partial charge in [-0.3, -0.25) is 9.88 Å². The maximum atomic E-state index is 13.5. The number of H-pyrrole nitrogens is 1. The number of nitrogens with zero attached hydrogens (tertiary/aromatic N) is 2. The van der Waals surface area contributed by atoms with Crippen molar-refractivity contribution in [3.63, 3.8) is 0 Å². The average Bonchev–Trinajstić information content (AvgIpc) is 3.34. The van der Waals surface area contributed by atoms with E-state index in [1.807, 2.05) is 24.3 Å². The summed E-state index contributed by atoms with van der Waals surface area (Å²) in [5.41, 5.74) is 8.01. The molecule has 3 heterocycles. The first-order valence-electron chi connectivity index (χ1n) is 11.7. The molecule has 0 amide bonds. The maximum Gasteiger partial charge on any atom is 0.335 e. The number of carboxylic acid groups (broad SMARTS) is 1. The minimum Gasteiger partial charge on any atom is -0.478 e. The van der Waals surface area contributed by atoms with Crippen molar-refractivity contribution in [3.05, 3.63) is 108 Å². The Morgan fingerprint density at radius 2 is 1.74 bits per heavy atom. The van der Waals surface area contributed by atoms with Crippen LogP contribution in [0.3, 0.4) is 0 Å². The van der Waals surface area contributed by atoms with E-state index in [1.165, 1.54) is 23.3 Å². The first-order chi connectivity index (χ1) is 17.1. The standard InChI is InChI=1S/C29H26FN3O2/c30-25-7-5-23(6-8-25)28-27(22-9-14-31-15-10-22)26(19-32-28)21-12-17-33(18-13-21)16-11-20-1-3-24(4-2-20)29(34)35/h1-10,12,14-15,19,32H,11,13,16-18H2,(H,34,35). The van der Waals surface area contributed by atoms with Crippen molar-refractivity contribution >= 4 is 11.5 Å². The molecule has 5 nitrogen and oxygen atoms in total. The molecule has 0 fully saturated rings. The van der Waals surface area contributed by atoms with Crippen molar-refractivity contribution in [3.8, 4) is 22.4 Å². The normalized spacial score (nSPS) is 14.0. The summed E-state index contributed by atoms with van der Waals surface area (Å²) in [6.07, 6.45) is 9.74. The van der Waals surface area contributed by atoms with Gasteiger partial charge in [-0.1, -0.05) is 18.2 Å². The highest BCUT2D eigenvalue weighted by Crippen LogP contribution is 2.39. The molecule has 0 bridgehead atoms. The Bertz CT molecular complexity index is 1340. The average molecular weight is 468 g/mol. The van der Waals surface area contributed by atoms with Gasteiger partial charge in [-0.25, -0.2) is 9.18 Å². The molecule has 35 heavy (non-hydrogen) atoms. The molecule has 0 radical (unpaired) electrons. The molecular formula is C29H26FN3O2. The number of benzene rings is 2. The predicted molar refractivity (Wildman–Crippen MR) is 136 cm³/mol. The SMILES string of the molecule is O=C(O)c1ccc(CCN2CC=C(c3c[nH]c(-c4ccc(F)cc4)c3-c3ccncc3)CC2)cc1. The van der Waals surface area contributed by atoms with Gasteiger partial charge >= 0.3 is 5.97 Å². The van der Waals surface area contributed by atoms with E-state index in [0.717, 1.165) is 60.4 Å². The van der Waals surface area contributed by atoms with Gasteiger partial charge in [-0.05, 0) is 83.6 Å². The fourth-order valence-corrected chi connectivity index (χ4v) is 4.60. The molecule has 4 aromatic rings. The Morgan fingerprint density at radius 3 is 2.40 bits per heavy atom. The molecule has 2 aromatic heterocycles. The molecule has 0 atom stereocenters. The highest BCUT2D eigenvalue weighted by molar-refractivity contribution is 5.91. The zero-order valence-corrected chi connectivity index (χ0v) is 19.2. The van der Waals surface area contributed by atoms with Gasteiger partial charge in [-0.2, -0.15) is 0 Å². The zero-order chi connectivity index (χ0) is 24.2. The van der Waals surface area contributed by atoms with Crippen molar-refractivity contribution in [1.29, 1.82) is 0 Å². The summed E-state index contributed by atoms with van der Waals surface area (Å²) in [6, 6.07) is 17.7. The highest BCUT2D eigenvalue weighted by Gasteiger charge is 2.20. The van der Waals surface area contributed by atoms with Gasteiger partial charge in [0.1, 0.15) is 5.82 Å². The molecule has 0 spiro atoms. The molecule has 2 aromatic carbocycles. The number of carboxylic acids is 1. The van der Waals surface area contributed by atoms with Gasteiger partial charge in [0.15, 0.2) is 0 Å². The zero-order valence-electron chi connectivity index (χ0n) is 19.2. The fourth-order valence-electron chi connectivity index (χ4n) is 4.60. The summed E-state index contributed by atoms with van der Waals surface area (Å²) in [6.45, 7) is 2.72. The maximum absolute atomic E-state index is 13.5. The van der Waals surface area contributed by atoms with Gasteiger partial charge in [0.05, 0.1) is 11.3 Å². The highest BCUT2D eigenvalue weighted by atomic mass is 19.1. The minimum absolute atomic E-state index is 0.251. The van der Waals surface area contributed by atoms with Gasteiger partial charge < -0.3 is 10.1 Å². The molecule has 5 rings (SSSR count). The Hall–Kier alpha value is -4.03. The number of aromatic carboxylic acids is 1. The number of pyridine rings is 1. The summed E-state index contributed by atoms with van der Waals surface area (Å²) in [5.74, 6) is -1.15. The summed E-state index contributed by atoms with van der Waals surface area (Å²) >= 11 is 0. The van der Waals surface area contributed by atoms with Gasteiger partial charge in [-0.15, -0.1) is 0 Å². The van der Waals surface area contributed by atoms with Crippen LogP contribution in [0.1, 0.15) is 27.9 Å². The molecule has 6 heteroatoms. The number of carbonyl (C=O) groups is 1. The number of halogens is 1. The van der Waals surface area contributed by atoms with E-state index in [0.29, 0.717) is 5.56 Å². The number of aromatic nitrogens is 2. The lowest BCUT2D eigenvalue weighted by Crippen LogP contribution is -2.30. The number of aromatic amines is 1. The minimum atomic E-state index is -0.899. The van der Waals surface area contributed by atoms with E-state index >= 15 is 0 Å². The largest absolute Gasteiger partial charge is 0.478 e. The van der Waals surface area contributed by atoms with E-state index in [2.05, 4.69) is 27.1 Å². The summed E-state index contributed by atoms with van der Waals surface area (Å²) in [7, 11) is 0. The van der Waals surface area contributed by atoms with Crippen LogP contribution in [0.5, 0.6) is 0 Å². The second-order valence-corrected chi connectivity index (χ2v) is 8.73. The van der Waals surface area contributed by atoms with Crippen molar-refractivity contribution in [2.45, 2.75) is 12.8 Å². The van der Waals surface area contributed by atoms with Crippen LogP contribution in [0.2, 0.25) is 0 Å². The number of hydrogen-bond acceptors (Lipinski definition) is 3. The lowest BCUT2D eigenvalue weighted by Gasteiger charge is -2.26. The lowest BCUT2D eigenvalue weighted by atomic mass is 9.92. The third kappa shape index (κ3) is 5.08.